The summed E-state index contributed by atoms with van der Waals surface area (Å²) in [6, 6.07) is 12.5. The molecule has 0 bridgehead atoms. The molecular formula is C23H24N2O4. The number of hydrogen-bond donors (Lipinski definition) is 2. The van der Waals surface area contributed by atoms with Crippen LogP contribution in [0.4, 0.5) is 16.2 Å². The molecule has 0 atom stereocenters. The van der Waals surface area contributed by atoms with E-state index in [1.165, 1.54) is 0 Å². The van der Waals surface area contributed by atoms with Gasteiger partial charge in [0.05, 0.1) is 6.10 Å². The maximum absolute atomic E-state index is 12.6. The van der Waals surface area contributed by atoms with E-state index in [1.807, 2.05) is 44.2 Å². The van der Waals surface area contributed by atoms with Crippen LogP contribution in [0.15, 0.2) is 51.7 Å². The predicted molar refractivity (Wildman–Crippen MR) is 114 cm³/mol. The van der Waals surface area contributed by atoms with E-state index in [9.17, 15) is 9.59 Å². The van der Waals surface area contributed by atoms with E-state index in [-0.39, 0.29) is 11.7 Å². The summed E-state index contributed by atoms with van der Waals surface area (Å²) in [5, 5.41) is 6.47. The molecule has 6 nitrogen and oxygen atoms in total. The Morgan fingerprint density at radius 2 is 1.72 bits per heavy atom. The minimum Gasteiger partial charge on any atom is -0.489 e. The summed E-state index contributed by atoms with van der Waals surface area (Å²) in [5.41, 5.74) is 2.83. The van der Waals surface area contributed by atoms with Crippen molar-refractivity contribution in [3.8, 4) is 5.75 Å². The quantitative estimate of drug-likeness (QED) is 0.605. The molecule has 1 aromatic heterocycles. The average Bonchev–Trinajstić information content (AvgIpc) is 2.70. The van der Waals surface area contributed by atoms with Gasteiger partial charge in [0.15, 0.2) is 5.58 Å². The van der Waals surface area contributed by atoms with Crippen molar-refractivity contribution in [1.82, 2.24) is 0 Å². The second-order valence-electron chi connectivity index (χ2n) is 7.48. The Labute approximate surface area is 168 Å². The normalized spacial score (nSPS) is 13.2. The average molecular weight is 392 g/mol. The summed E-state index contributed by atoms with van der Waals surface area (Å²) in [4.78, 5) is 25.2. The standard InChI is InChI=1S/C23H24N2O4/c1-14(2)28-19-13-12-17-16-10-6-7-11-18(16)22(26)29-21(17)20(19)25-23(27)24-15-8-4-3-5-9-15/h3-5,8-9,12-14H,6-7,10-11H2,1-2H3,(H2,24,25,27). The van der Waals surface area contributed by atoms with Crippen molar-refractivity contribution < 1.29 is 13.9 Å². The highest BCUT2D eigenvalue weighted by molar-refractivity contribution is 6.07. The molecule has 1 aliphatic carbocycles. The van der Waals surface area contributed by atoms with E-state index in [4.69, 9.17) is 9.15 Å². The number of carbonyl (C=O) groups excluding carboxylic acids is 1. The Balaban J connectivity index is 1.79. The van der Waals surface area contributed by atoms with Gasteiger partial charge in [-0.2, -0.15) is 0 Å². The van der Waals surface area contributed by atoms with Gasteiger partial charge in [-0.3, -0.25) is 0 Å². The van der Waals surface area contributed by atoms with Crippen LogP contribution in [-0.4, -0.2) is 12.1 Å². The fourth-order valence-corrected chi connectivity index (χ4v) is 3.76. The van der Waals surface area contributed by atoms with Crippen molar-refractivity contribution in [3.63, 3.8) is 0 Å². The van der Waals surface area contributed by atoms with Crippen LogP contribution < -0.4 is 21.0 Å². The van der Waals surface area contributed by atoms with Crippen LogP contribution in [0.2, 0.25) is 0 Å². The number of benzene rings is 2. The molecule has 150 valence electrons. The molecule has 1 aliphatic rings. The zero-order valence-corrected chi connectivity index (χ0v) is 16.6. The smallest absolute Gasteiger partial charge is 0.339 e. The zero-order valence-electron chi connectivity index (χ0n) is 16.6. The summed E-state index contributed by atoms with van der Waals surface area (Å²) in [7, 11) is 0. The molecule has 1 heterocycles. The Kier molecular flexibility index (Phi) is 5.25. The Morgan fingerprint density at radius 1 is 1.00 bits per heavy atom. The third-order valence-electron chi connectivity index (χ3n) is 4.99. The van der Waals surface area contributed by atoms with Gasteiger partial charge in [0.25, 0.3) is 0 Å². The topological polar surface area (TPSA) is 80.6 Å². The van der Waals surface area contributed by atoms with Crippen molar-refractivity contribution in [1.29, 1.82) is 0 Å². The lowest BCUT2D eigenvalue weighted by Gasteiger charge is -2.20. The van der Waals surface area contributed by atoms with Crippen LogP contribution >= 0.6 is 0 Å². The van der Waals surface area contributed by atoms with Crippen molar-refractivity contribution >= 4 is 28.4 Å². The molecule has 2 N–H and O–H groups in total. The fourth-order valence-electron chi connectivity index (χ4n) is 3.76. The molecule has 3 aromatic rings. The van der Waals surface area contributed by atoms with E-state index < -0.39 is 6.03 Å². The zero-order chi connectivity index (χ0) is 20.4. The number of rotatable bonds is 4. The monoisotopic (exact) mass is 392 g/mol. The second-order valence-corrected chi connectivity index (χ2v) is 7.48. The number of fused-ring (bicyclic) bond motifs is 3. The van der Waals surface area contributed by atoms with E-state index in [1.54, 1.807) is 12.1 Å². The van der Waals surface area contributed by atoms with Gasteiger partial charge >= 0.3 is 11.7 Å². The first-order chi connectivity index (χ1) is 14.0. The number of aryl methyl sites for hydroxylation is 1. The molecule has 4 rings (SSSR count). The first-order valence-electron chi connectivity index (χ1n) is 9.94. The number of anilines is 2. The van der Waals surface area contributed by atoms with Gasteiger partial charge in [0, 0.05) is 16.6 Å². The van der Waals surface area contributed by atoms with Gasteiger partial charge in [0.2, 0.25) is 0 Å². The molecular weight excluding hydrogens is 368 g/mol. The maximum Gasteiger partial charge on any atom is 0.339 e. The summed E-state index contributed by atoms with van der Waals surface area (Å²) in [5.74, 6) is 0.467. The minimum absolute atomic E-state index is 0.102. The number of amides is 2. The minimum atomic E-state index is -0.433. The lowest BCUT2D eigenvalue weighted by molar-refractivity contribution is 0.243. The highest BCUT2D eigenvalue weighted by Gasteiger charge is 2.22. The number of ether oxygens (including phenoxy) is 1. The van der Waals surface area contributed by atoms with Crippen molar-refractivity contribution in [2.75, 3.05) is 10.6 Å². The Morgan fingerprint density at radius 3 is 2.45 bits per heavy atom. The first-order valence-corrected chi connectivity index (χ1v) is 9.94. The van der Waals surface area contributed by atoms with Crippen molar-refractivity contribution in [2.45, 2.75) is 45.6 Å². The molecule has 2 amide bonds. The highest BCUT2D eigenvalue weighted by atomic mass is 16.5. The third kappa shape index (κ3) is 3.97. The predicted octanol–water partition coefficient (Wildman–Crippen LogP) is 5.10. The maximum atomic E-state index is 12.6. The van der Waals surface area contributed by atoms with Gasteiger partial charge in [-0.25, -0.2) is 9.59 Å². The number of nitrogens with one attached hydrogen (secondary N) is 2. The lowest BCUT2D eigenvalue weighted by atomic mass is 9.90. The van der Waals surface area contributed by atoms with Crippen LogP contribution in [0.25, 0.3) is 11.0 Å². The number of carbonyl (C=O) groups is 1. The summed E-state index contributed by atoms with van der Waals surface area (Å²) in [6.45, 7) is 3.81. The summed E-state index contributed by atoms with van der Waals surface area (Å²) >= 11 is 0. The third-order valence-corrected chi connectivity index (χ3v) is 4.99. The van der Waals surface area contributed by atoms with E-state index in [0.717, 1.165) is 42.2 Å². The van der Waals surface area contributed by atoms with Gasteiger partial charge in [-0.05, 0) is 69.4 Å². The van der Waals surface area contributed by atoms with Crippen molar-refractivity contribution in [3.05, 3.63) is 64.0 Å². The SMILES string of the molecule is CC(C)Oc1ccc2c3c(c(=O)oc2c1NC(=O)Nc1ccccc1)CCCC3. The number of para-hydroxylation sites is 1. The molecule has 0 aliphatic heterocycles. The van der Waals surface area contributed by atoms with E-state index >= 15 is 0 Å². The summed E-state index contributed by atoms with van der Waals surface area (Å²) < 4.78 is 11.6. The molecule has 0 spiro atoms. The largest absolute Gasteiger partial charge is 0.489 e. The Hall–Kier alpha value is -3.28. The molecule has 0 radical (unpaired) electrons. The van der Waals surface area contributed by atoms with Crippen LogP contribution in [0, 0.1) is 0 Å². The molecule has 29 heavy (non-hydrogen) atoms. The Bertz CT molecular complexity index is 1100. The van der Waals surface area contributed by atoms with Crippen LogP contribution in [0.1, 0.15) is 37.8 Å². The summed E-state index contributed by atoms with van der Waals surface area (Å²) in [6.07, 6.45) is 3.48. The molecule has 0 saturated heterocycles. The van der Waals surface area contributed by atoms with Crippen LogP contribution in [0.5, 0.6) is 5.75 Å². The fraction of sp³-hybridized carbons (Fsp3) is 0.304. The van der Waals surface area contributed by atoms with Gasteiger partial charge in [-0.15, -0.1) is 0 Å². The second kappa shape index (κ2) is 7.99. The number of hydrogen-bond acceptors (Lipinski definition) is 4. The molecule has 0 saturated carbocycles. The van der Waals surface area contributed by atoms with E-state index in [0.29, 0.717) is 22.7 Å². The van der Waals surface area contributed by atoms with Gasteiger partial charge < -0.3 is 19.8 Å². The number of urea groups is 1. The van der Waals surface area contributed by atoms with Crippen LogP contribution in [0.3, 0.4) is 0 Å². The first kappa shape index (κ1) is 19.1. The van der Waals surface area contributed by atoms with Crippen LogP contribution in [-0.2, 0) is 12.8 Å². The molecule has 2 aromatic carbocycles. The van der Waals surface area contributed by atoms with Crippen molar-refractivity contribution in [2.24, 2.45) is 0 Å². The highest BCUT2D eigenvalue weighted by Crippen LogP contribution is 2.37. The van der Waals surface area contributed by atoms with Gasteiger partial charge in [0.1, 0.15) is 11.4 Å². The van der Waals surface area contributed by atoms with Gasteiger partial charge in [-0.1, -0.05) is 18.2 Å². The molecule has 0 unspecified atom stereocenters. The lowest BCUT2D eigenvalue weighted by Crippen LogP contribution is -2.22. The molecule has 6 heteroatoms. The van der Waals surface area contributed by atoms with E-state index in [2.05, 4.69) is 10.6 Å². The molecule has 0 fully saturated rings.